The summed E-state index contributed by atoms with van der Waals surface area (Å²) in [6.07, 6.45) is 1.69. The number of benzene rings is 1. The van der Waals surface area contributed by atoms with E-state index < -0.39 is 0 Å². The Kier molecular flexibility index (Phi) is 8.20. The molecule has 0 amide bonds. The molecule has 0 saturated carbocycles. The van der Waals surface area contributed by atoms with Gasteiger partial charge in [0.2, 0.25) is 0 Å². The second-order valence-electron chi connectivity index (χ2n) is 5.78. The predicted octanol–water partition coefficient (Wildman–Crippen LogP) is 2.64. The number of aromatic nitrogens is 1. The smallest absolute Gasteiger partial charge is 0.194 e. The van der Waals surface area contributed by atoms with Gasteiger partial charge in [-0.3, -0.25) is 9.89 Å². The van der Waals surface area contributed by atoms with Crippen molar-refractivity contribution >= 4 is 35.8 Å². The van der Waals surface area contributed by atoms with Crippen LogP contribution in [-0.2, 0) is 4.74 Å². The molecular weight excluding hydrogens is 448 g/mol. The Hall–Kier alpha value is -1.78. The van der Waals surface area contributed by atoms with E-state index in [1.54, 1.807) is 18.3 Å². The molecule has 140 valence electrons. The van der Waals surface area contributed by atoms with Gasteiger partial charge in [-0.1, -0.05) is 18.2 Å². The van der Waals surface area contributed by atoms with Crippen LogP contribution in [0.2, 0.25) is 0 Å². The number of hydrogen-bond acceptors (Lipinski definition) is 4. The summed E-state index contributed by atoms with van der Waals surface area (Å²) in [5.74, 6) is 0.705. The molecule has 1 aliphatic rings. The Morgan fingerprint density at radius 2 is 1.96 bits per heavy atom. The van der Waals surface area contributed by atoms with Crippen LogP contribution < -0.4 is 11.1 Å². The maximum Gasteiger partial charge on any atom is 0.194 e. The molecule has 2 heterocycles. The van der Waals surface area contributed by atoms with Crippen molar-refractivity contribution in [2.75, 3.05) is 38.2 Å². The minimum atomic E-state index is -0.246. The zero-order valence-corrected chi connectivity index (χ0v) is 16.7. The van der Waals surface area contributed by atoms with E-state index in [0.29, 0.717) is 31.5 Å². The first-order chi connectivity index (χ1) is 12.2. The Morgan fingerprint density at radius 3 is 2.62 bits per heavy atom. The van der Waals surface area contributed by atoms with Gasteiger partial charge in [0, 0.05) is 19.3 Å². The average Bonchev–Trinajstić information content (AvgIpc) is 2.65. The van der Waals surface area contributed by atoms with Gasteiger partial charge >= 0.3 is 0 Å². The molecule has 0 bridgehead atoms. The number of hydrogen-bond donors (Lipinski definition) is 2. The summed E-state index contributed by atoms with van der Waals surface area (Å²) < 4.78 is 18.7. The highest BCUT2D eigenvalue weighted by Gasteiger charge is 2.22. The van der Waals surface area contributed by atoms with Crippen molar-refractivity contribution in [3.05, 3.63) is 60.0 Å². The lowest BCUT2D eigenvalue weighted by molar-refractivity contribution is 0.0180. The van der Waals surface area contributed by atoms with Gasteiger partial charge in [-0.05, 0) is 29.8 Å². The van der Waals surface area contributed by atoms with Crippen LogP contribution in [0.3, 0.4) is 0 Å². The number of halogens is 2. The third kappa shape index (κ3) is 5.89. The van der Waals surface area contributed by atoms with E-state index in [-0.39, 0.29) is 35.8 Å². The van der Waals surface area contributed by atoms with Crippen LogP contribution in [0.5, 0.6) is 0 Å². The monoisotopic (exact) mass is 471 g/mol. The average molecular weight is 471 g/mol. The van der Waals surface area contributed by atoms with E-state index in [4.69, 9.17) is 10.5 Å². The van der Waals surface area contributed by atoms with Crippen LogP contribution in [-0.4, -0.2) is 48.7 Å². The number of nitrogens with one attached hydrogen (secondary N) is 1. The van der Waals surface area contributed by atoms with Crippen LogP contribution in [0.1, 0.15) is 11.6 Å². The van der Waals surface area contributed by atoms with Gasteiger partial charge in [0.25, 0.3) is 0 Å². The molecule has 1 aromatic heterocycles. The highest BCUT2D eigenvalue weighted by molar-refractivity contribution is 14.0. The summed E-state index contributed by atoms with van der Waals surface area (Å²) in [7, 11) is 0. The van der Waals surface area contributed by atoms with Crippen LogP contribution in [0.25, 0.3) is 0 Å². The standard InChI is InChI=1S/C18H22FN5O.HI/c19-15-6-4-14(5-7-15)16(24-9-11-25-12-10-24)13-22-18(20)23-17-3-1-2-8-21-17;/h1-8,16H,9-13H2,(H3,20,21,22,23);1H. The normalized spacial score (nSPS) is 16.6. The first kappa shape index (κ1) is 20.5. The summed E-state index contributed by atoms with van der Waals surface area (Å²) in [6, 6.07) is 12.1. The van der Waals surface area contributed by atoms with E-state index >= 15 is 0 Å². The van der Waals surface area contributed by atoms with Crippen molar-refractivity contribution in [1.82, 2.24) is 9.88 Å². The fraction of sp³-hybridized carbons (Fsp3) is 0.333. The molecule has 0 spiro atoms. The SMILES string of the molecule is I.NC(=NCC(c1ccc(F)cc1)N1CCOCC1)Nc1ccccn1. The number of morpholine rings is 1. The molecular formula is C18H23FIN5O. The van der Waals surface area contributed by atoms with Gasteiger partial charge < -0.3 is 15.8 Å². The lowest BCUT2D eigenvalue weighted by Gasteiger charge is -2.34. The van der Waals surface area contributed by atoms with Crippen LogP contribution in [0.4, 0.5) is 10.2 Å². The molecule has 26 heavy (non-hydrogen) atoms. The molecule has 1 aliphatic heterocycles. The van der Waals surface area contributed by atoms with E-state index in [9.17, 15) is 4.39 Å². The Morgan fingerprint density at radius 1 is 1.23 bits per heavy atom. The summed E-state index contributed by atoms with van der Waals surface area (Å²) in [5.41, 5.74) is 6.99. The molecule has 2 aromatic rings. The summed E-state index contributed by atoms with van der Waals surface area (Å²) in [5, 5.41) is 2.97. The molecule has 1 unspecified atom stereocenters. The maximum absolute atomic E-state index is 13.3. The van der Waals surface area contributed by atoms with E-state index in [0.717, 1.165) is 18.7 Å². The zero-order chi connectivity index (χ0) is 17.5. The first-order valence-corrected chi connectivity index (χ1v) is 8.27. The van der Waals surface area contributed by atoms with Crippen molar-refractivity contribution in [2.45, 2.75) is 6.04 Å². The Balaban J connectivity index is 0.00000243. The van der Waals surface area contributed by atoms with Gasteiger partial charge in [0.05, 0.1) is 25.8 Å². The fourth-order valence-electron chi connectivity index (χ4n) is 2.80. The molecule has 3 N–H and O–H groups in total. The molecule has 1 aromatic carbocycles. The number of pyridine rings is 1. The van der Waals surface area contributed by atoms with Crippen LogP contribution >= 0.6 is 24.0 Å². The van der Waals surface area contributed by atoms with E-state index in [1.807, 2.05) is 18.2 Å². The largest absolute Gasteiger partial charge is 0.379 e. The molecule has 6 nitrogen and oxygen atoms in total. The molecule has 1 fully saturated rings. The number of nitrogens with zero attached hydrogens (tertiary/aromatic N) is 3. The predicted molar refractivity (Wildman–Crippen MR) is 111 cm³/mol. The fourth-order valence-corrected chi connectivity index (χ4v) is 2.80. The van der Waals surface area contributed by atoms with Gasteiger partial charge in [-0.15, -0.1) is 24.0 Å². The topological polar surface area (TPSA) is 75.8 Å². The van der Waals surface area contributed by atoms with E-state index in [2.05, 4.69) is 20.2 Å². The van der Waals surface area contributed by atoms with Crippen molar-refractivity contribution in [3.8, 4) is 0 Å². The lowest BCUT2D eigenvalue weighted by atomic mass is 10.0. The molecule has 3 rings (SSSR count). The van der Waals surface area contributed by atoms with Crippen LogP contribution in [0, 0.1) is 5.82 Å². The van der Waals surface area contributed by atoms with E-state index in [1.165, 1.54) is 12.1 Å². The van der Waals surface area contributed by atoms with Crippen molar-refractivity contribution in [2.24, 2.45) is 10.7 Å². The maximum atomic E-state index is 13.3. The van der Waals surface area contributed by atoms with Crippen molar-refractivity contribution < 1.29 is 9.13 Å². The highest BCUT2D eigenvalue weighted by atomic mass is 127. The Bertz CT molecular complexity index is 692. The summed E-state index contributed by atoms with van der Waals surface area (Å²) in [6.45, 7) is 3.46. The summed E-state index contributed by atoms with van der Waals surface area (Å²) >= 11 is 0. The van der Waals surface area contributed by atoms with Gasteiger partial charge in [-0.2, -0.15) is 0 Å². The number of nitrogens with two attached hydrogens (primary N) is 1. The lowest BCUT2D eigenvalue weighted by Crippen LogP contribution is -2.40. The van der Waals surface area contributed by atoms with Gasteiger partial charge in [0.1, 0.15) is 11.6 Å². The van der Waals surface area contributed by atoms with Crippen LogP contribution in [0.15, 0.2) is 53.7 Å². The quantitative estimate of drug-likeness (QED) is 0.399. The van der Waals surface area contributed by atoms with Crippen molar-refractivity contribution in [3.63, 3.8) is 0 Å². The number of aliphatic imine (C=N–C) groups is 1. The zero-order valence-electron chi connectivity index (χ0n) is 14.3. The second kappa shape index (κ2) is 10.4. The minimum Gasteiger partial charge on any atom is -0.379 e. The number of guanidine groups is 1. The first-order valence-electron chi connectivity index (χ1n) is 8.27. The molecule has 1 saturated heterocycles. The number of anilines is 1. The van der Waals surface area contributed by atoms with Gasteiger partial charge in [-0.25, -0.2) is 9.37 Å². The third-order valence-electron chi connectivity index (χ3n) is 4.10. The second-order valence-corrected chi connectivity index (χ2v) is 5.78. The Labute approximate surface area is 169 Å². The number of ether oxygens (including phenoxy) is 1. The molecule has 1 atom stereocenters. The highest BCUT2D eigenvalue weighted by Crippen LogP contribution is 2.22. The number of rotatable bonds is 5. The minimum absolute atomic E-state index is 0. The van der Waals surface area contributed by atoms with Crippen molar-refractivity contribution in [1.29, 1.82) is 0 Å². The third-order valence-corrected chi connectivity index (χ3v) is 4.10. The van der Waals surface area contributed by atoms with Gasteiger partial charge in [0.15, 0.2) is 5.96 Å². The molecule has 8 heteroatoms. The molecule has 0 radical (unpaired) electrons. The summed E-state index contributed by atoms with van der Waals surface area (Å²) in [4.78, 5) is 10.9. The molecule has 0 aliphatic carbocycles.